The van der Waals surface area contributed by atoms with E-state index >= 15 is 0 Å². The number of carbonyl (C=O) groups excluding carboxylic acids is 1. The first kappa shape index (κ1) is 14.3. The molecule has 3 unspecified atom stereocenters. The van der Waals surface area contributed by atoms with Crippen LogP contribution >= 0.6 is 0 Å². The summed E-state index contributed by atoms with van der Waals surface area (Å²) < 4.78 is 11.1. The van der Waals surface area contributed by atoms with Gasteiger partial charge in [0.1, 0.15) is 0 Å². The van der Waals surface area contributed by atoms with Gasteiger partial charge in [-0.1, -0.05) is 19.8 Å². The highest BCUT2D eigenvalue weighted by Crippen LogP contribution is 2.42. The molecule has 114 valence electrons. The van der Waals surface area contributed by atoms with E-state index in [4.69, 9.17) is 9.47 Å². The Bertz CT molecular complexity index is 365. The van der Waals surface area contributed by atoms with Crippen molar-refractivity contribution in [3.63, 3.8) is 0 Å². The van der Waals surface area contributed by atoms with Crippen molar-refractivity contribution in [3.8, 4) is 0 Å². The second-order valence-corrected chi connectivity index (χ2v) is 6.95. The van der Waals surface area contributed by atoms with Crippen molar-refractivity contribution in [2.75, 3.05) is 26.8 Å². The van der Waals surface area contributed by atoms with Crippen LogP contribution in [0.25, 0.3) is 0 Å². The molecule has 3 rings (SSSR count). The van der Waals surface area contributed by atoms with E-state index in [-0.39, 0.29) is 17.5 Å². The lowest BCUT2D eigenvalue weighted by Crippen LogP contribution is -2.47. The minimum Gasteiger partial charge on any atom is -0.469 e. The van der Waals surface area contributed by atoms with Gasteiger partial charge in [-0.15, -0.1) is 0 Å². The summed E-state index contributed by atoms with van der Waals surface area (Å²) in [6.07, 6.45) is 7.36. The fraction of sp³-hybridized carbons (Fsp3) is 0.938. The van der Waals surface area contributed by atoms with Gasteiger partial charge in [0.2, 0.25) is 0 Å². The van der Waals surface area contributed by atoms with Gasteiger partial charge in [0.15, 0.2) is 0 Å². The zero-order valence-corrected chi connectivity index (χ0v) is 12.8. The number of methoxy groups -OCH3 is 1. The summed E-state index contributed by atoms with van der Waals surface area (Å²) in [4.78, 5) is 14.4. The molecular formula is C16H27NO3. The highest BCUT2D eigenvalue weighted by atomic mass is 16.5. The van der Waals surface area contributed by atoms with Gasteiger partial charge in [-0.05, 0) is 31.6 Å². The van der Waals surface area contributed by atoms with E-state index in [1.54, 1.807) is 0 Å². The summed E-state index contributed by atoms with van der Waals surface area (Å²) in [5.41, 5.74) is 0.162. The van der Waals surface area contributed by atoms with Crippen molar-refractivity contribution in [2.45, 2.75) is 57.1 Å². The third-order valence-electron chi connectivity index (χ3n) is 5.64. The van der Waals surface area contributed by atoms with Crippen molar-refractivity contribution in [3.05, 3.63) is 0 Å². The van der Waals surface area contributed by atoms with E-state index in [0.717, 1.165) is 32.5 Å². The molecule has 0 aromatic carbocycles. The molecule has 2 aliphatic heterocycles. The number of nitrogens with zero attached hydrogens (tertiary/aromatic N) is 1. The van der Waals surface area contributed by atoms with Gasteiger partial charge < -0.3 is 9.47 Å². The van der Waals surface area contributed by atoms with Crippen LogP contribution in [0, 0.1) is 11.8 Å². The Morgan fingerprint density at radius 2 is 2.05 bits per heavy atom. The Morgan fingerprint density at radius 3 is 2.75 bits per heavy atom. The number of likely N-dealkylation sites (tertiary alicyclic amines) is 1. The molecule has 2 heterocycles. The van der Waals surface area contributed by atoms with Crippen molar-refractivity contribution in [1.29, 1.82) is 0 Å². The van der Waals surface area contributed by atoms with E-state index in [1.165, 1.54) is 32.8 Å². The summed E-state index contributed by atoms with van der Waals surface area (Å²) >= 11 is 0. The largest absolute Gasteiger partial charge is 0.469 e. The molecule has 1 spiro atoms. The van der Waals surface area contributed by atoms with Crippen LogP contribution in [0.1, 0.15) is 45.4 Å². The summed E-state index contributed by atoms with van der Waals surface area (Å²) in [6.45, 7) is 4.96. The zero-order chi connectivity index (χ0) is 14.2. The summed E-state index contributed by atoms with van der Waals surface area (Å²) in [5.74, 6) is 0.426. The second-order valence-electron chi connectivity index (χ2n) is 6.95. The summed E-state index contributed by atoms with van der Waals surface area (Å²) in [5, 5.41) is 0. The number of esters is 1. The smallest absolute Gasteiger partial charge is 0.310 e. The highest BCUT2D eigenvalue weighted by Gasteiger charge is 2.45. The number of carbonyl (C=O) groups is 1. The highest BCUT2D eigenvalue weighted by molar-refractivity contribution is 5.73. The fourth-order valence-corrected chi connectivity index (χ4v) is 4.44. The Balaban J connectivity index is 1.63. The van der Waals surface area contributed by atoms with Gasteiger partial charge in [-0.3, -0.25) is 9.69 Å². The topological polar surface area (TPSA) is 38.8 Å². The molecule has 0 radical (unpaired) electrons. The second kappa shape index (κ2) is 5.64. The monoisotopic (exact) mass is 281 g/mol. The molecule has 0 aromatic rings. The van der Waals surface area contributed by atoms with Gasteiger partial charge in [0, 0.05) is 25.7 Å². The number of rotatable bonds is 2. The van der Waals surface area contributed by atoms with E-state index in [1.807, 2.05) is 0 Å². The Hall–Kier alpha value is -0.610. The van der Waals surface area contributed by atoms with Gasteiger partial charge in [-0.25, -0.2) is 0 Å². The molecule has 2 saturated heterocycles. The van der Waals surface area contributed by atoms with Crippen LogP contribution in [0.2, 0.25) is 0 Å². The quantitative estimate of drug-likeness (QED) is 0.728. The molecule has 0 aromatic heterocycles. The normalized spacial score (nSPS) is 37.4. The molecule has 3 aliphatic rings. The summed E-state index contributed by atoms with van der Waals surface area (Å²) in [7, 11) is 1.50. The molecule has 0 N–H and O–H groups in total. The van der Waals surface area contributed by atoms with E-state index < -0.39 is 0 Å². The average molecular weight is 281 g/mol. The van der Waals surface area contributed by atoms with Crippen LogP contribution in [0.15, 0.2) is 0 Å². The minimum absolute atomic E-state index is 0.0392. The van der Waals surface area contributed by atoms with Crippen LogP contribution < -0.4 is 0 Å². The maximum absolute atomic E-state index is 11.8. The Labute approximate surface area is 121 Å². The van der Waals surface area contributed by atoms with Crippen molar-refractivity contribution in [1.82, 2.24) is 4.90 Å². The third-order valence-corrected chi connectivity index (χ3v) is 5.64. The maximum atomic E-state index is 11.8. The van der Waals surface area contributed by atoms with Crippen LogP contribution in [0.3, 0.4) is 0 Å². The Morgan fingerprint density at radius 1 is 1.30 bits per heavy atom. The first-order valence-electron chi connectivity index (χ1n) is 8.09. The van der Waals surface area contributed by atoms with Gasteiger partial charge >= 0.3 is 5.97 Å². The molecule has 20 heavy (non-hydrogen) atoms. The van der Waals surface area contributed by atoms with Crippen LogP contribution in [0.4, 0.5) is 0 Å². The first-order valence-corrected chi connectivity index (χ1v) is 8.09. The molecule has 1 aliphatic carbocycles. The predicted octanol–water partition coefficient (Wildman–Crippen LogP) is 2.22. The number of hydrogen-bond acceptors (Lipinski definition) is 4. The lowest BCUT2D eigenvalue weighted by Gasteiger charge is -2.42. The number of ether oxygens (including phenoxy) is 2. The van der Waals surface area contributed by atoms with Crippen molar-refractivity contribution >= 4 is 5.97 Å². The fourth-order valence-electron chi connectivity index (χ4n) is 4.44. The molecule has 3 fully saturated rings. The minimum atomic E-state index is -0.0392. The summed E-state index contributed by atoms with van der Waals surface area (Å²) in [6, 6.07) is 0.596. The molecule has 0 amide bonds. The van der Waals surface area contributed by atoms with E-state index in [0.29, 0.717) is 12.0 Å². The molecule has 4 heteroatoms. The molecule has 0 bridgehead atoms. The SMILES string of the molecule is COC(=O)C1CN(C2CCOC3(CCCC3)C2)CC1C. The van der Waals surface area contributed by atoms with Crippen LogP contribution in [-0.4, -0.2) is 49.3 Å². The maximum Gasteiger partial charge on any atom is 0.310 e. The molecular weight excluding hydrogens is 254 g/mol. The lowest BCUT2D eigenvalue weighted by atomic mass is 9.88. The van der Waals surface area contributed by atoms with E-state index in [9.17, 15) is 4.79 Å². The first-order chi connectivity index (χ1) is 9.63. The van der Waals surface area contributed by atoms with Gasteiger partial charge in [0.05, 0.1) is 18.6 Å². The lowest BCUT2D eigenvalue weighted by molar-refractivity contribution is -0.146. The van der Waals surface area contributed by atoms with E-state index in [2.05, 4.69) is 11.8 Å². The molecule has 4 nitrogen and oxygen atoms in total. The standard InChI is InChI=1S/C16H27NO3/c1-12-10-17(11-14(12)15(18)19-2)13-5-8-20-16(9-13)6-3-4-7-16/h12-14H,3-11H2,1-2H3. The van der Waals surface area contributed by atoms with Crippen molar-refractivity contribution in [2.24, 2.45) is 11.8 Å². The Kier molecular flexibility index (Phi) is 4.04. The predicted molar refractivity (Wildman–Crippen MR) is 76.4 cm³/mol. The van der Waals surface area contributed by atoms with Crippen LogP contribution in [0.5, 0.6) is 0 Å². The molecule has 1 saturated carbocycles. The zero-order valence-electron chi connectivity index (χ0n) is 12.8. The molecule has 3 atom stereocenters. The average Bonchev–Trinajstić information content (AvgIpc) is 3.05. The van der Waals surface area contributed by atoms with Gasteiger partial charge in [0.25, 0.3) is 0 Å². The van der Waals surface area contributed by atoms with Crippen LogP contribution in [-0.2, 0) is 14.3 Å². The number of hydrogen-bond donors (Lipinski definition) is 0. The third kappa shape index (κ3) is 2.60. The van der Waals surface area contributed by atoms with Crippen molar-refractivity contribution < 1.29 is 14.3 Å². The van der Waals surface area contributed by atoms with Gasteiger partial charge in [-0.2, -0.15) is 0 Å².